The van der Waals surface area contributed by atoms with Gasteiger partial charge >= 0.3 is 0 Å². The molecular weight excluding hydrogens is 331 g/mol. The minimum absolute atomic E-state index is 0.315. The molecule has 3 N–H and O–H groups in total. The van der Waals surface area contributed by atoms with E-state index in [1.54, 1.807) is 16.5 Å². The Balaban J connectivity index is 1.80. The molecule has 4 aromatic rings. The number of nitrogens with two attached hydrogens (primary N) is 1. The van der Waals surface area contributed by atoms with Gasteiger partial charge in [-0.25, -0.2) is 14.4 Å². The van der Waals surface area contributed by atoms with Crippen molar-refractivity contribution in [2.45, 2.75) is 13.8 Å². The number of hydrogen-bond donors (Lipinski definition) is 2. The Morgan fingerprint density at radius 2 is 1.77 bits per heavy atom. The van der Waals surface area contributed by atoms with Crippen molar-refractivity contribution in [3.05, 3.63) is 65.7 Å². The van der Waals surface area contributed by atoms with Crippen molar-refractivity contribution >= 4 is 23.1 Å². The number of fused-ring (bicyclic) bond motifs is 1. The van der Waals surface area contributed by atoms with Crippen molar-refractivity contribution in [2.75, 3.05) is 11.1 Å². The molecule has 4 rings (SSSR count). The number of anilines is 3. The number of benzene rings is 1. The van der Waals surface area contributed by atoms with Crippen molar-refractivity contribution in [1.82, 2.24) is 19.4 Å². The summed E-state index contributed by atoms with van der Waals surface area (Å²) in [5.41, 5.74) is 10.6. The van der Waals surface area contributed by atoms with Crippen LogP contribution in [0.2, 0.25) is 0 Å². The van der Waals surface area contributed by atoms with Crippen LogP contribution in [0.25, 0.3) is 17.0 Å². The number of aryl methyl sites for hydroxylation is 2. The van der Waals surface area contributed by atoms with E-state index in [0.717, 1.165) is 16.9 Å². The molecule has 0 fully saturated rings. The van der Waals surface area contributed by atoms with E-state index in [2.05, 4.69) is 20.3 Å². The van der Waals surface area contributed by atoms with Crippen LogP contribution in [0, 0.1) is 19.7 Å². The molecule has 3 heterocycles. The van der Waals surface area contributed by atoms with Gasteiger partial charge in [0.05, 0.1) is 17.1 Å². The number of aromatic nitrogens is 4. The Bertz CT molecular complexity index is 1100. The first kappa shape index (κ1) is 16.0. The molecule has 6 nitrogen and oxygen atoms in total. The fourth-order valence-corrected chi connectivity index (χ4v) is 2.85. The van der Waals surface area contributed by atoms with Gasteiger partial charge < -0.3 is 11.1 Å². The van der Waals surface area contributed by atoms with Crippen LogP contribution in [-0.2, 0) is 0 Å². The third-order valence-corrected chi connectivity index (χ3v) is 4.05. The first-order chi connectivity index (χ1) is 12.5. The molecule has 1 aromatic carbocycles. The average molecular weight is 348 g/mol. The highest BCUT2D eigenvalue weighted by atomic mass is 19.1. The SMILES string of the molecule is Cc1ccc(Nc2nc(N)cc(-c3c(C)nc4ccc(F)cn34)n2)cc1. The third kappa shape index (κ3) is 2.95. The number of nitrogens with one attached hydrogen (secondary N) is 1. The summed E-state index contributed by atoms with van der Waals surface area (Å²) in [6.45, 7) is 3.87. The molecular formula is C19H17FN6. The molecule has 0 saturated heterocycles. The normalized spacial score (nSPS) is 11.0. The topological polar surface area (TPSA) is 81.1 Å². The number of nitrogens with zero attached hydrogens (tertiary/aromatic N) is 4. The minimum atomic E-state index is -0.351. The highest BCUT2D eigenvalue weighted by Gasteiger charge is 2.15. The molecule has 0 spiro atoms. The van der Waals surface area contributed by atoms with Gasteiger partial charge in [-0.1, -0.05) is 17.7 Å². The van der Waals surface area contributed by atoms with Crippen LogP contribution < -0.4 is 11.1 Å². The molecule has 0 saturated carbocycles. The van der Waals surface area contributed by atoms with E-state index in [1.165, 1.54) is 12.3 Å². The Morgan fingerprint density at radius 1 is 1.00 bits per heavy atom. The van der Waals surface area contributed by atoms with Gasteiger partial charge in [-0.2, -0.15) is 4.98 Å². The van der Waals surface area contributed by atoms with Crippen molar-refractivity contribution < 1.29 is 4.39 Å². The first-order valence-electron chi connectivity index (χ1n) is 8.12. The second kappa shape index (κ2) is 6.11. The summed E-state index contributed by atoms with van der Waals surface area (Å²) in [7, 11) is 0. The fraction of sp³-hybridized carbons (Fsp3) is 0.105. The maximum absolute atomic E-state index is 13.7. The summed E-state index contributed by atoms with van der Waals surface area (Å²) in [6.07, 6.45) is 1.38. The highest BCUT2D eigenvalue weighted by Crippen LogP contribution is 2.26. The highest BCUT2D eigenvalue weighted by molar-refractivity contribution is 5.68. The molecule has 0 atom stereocenters. The quantitative estimate of drug-likeness (QED) is 0.587. The summed E-state index contributed by atoms with van der Waals surface area (Å²) in [5, 5.41) is 3.15. The molecule has 0 aliphatic rings. The Morgan fingerprint density at radius 3 is 2.54 bits per heavy atom. The van der Waals surface area contributed by atoms with Crippen LogP contribution in [-0.4, -0.2) is 19.4 Å². The predicted octanol–water partition coefficient (Wildman–Crippen LogP) is 3.87. The number of imidazole rings is 1. The Hall–Kier alpha value is -3.48. The summed E-state index contributed by atoms with van der Waals surface area (Å²) >= 11 is 0. The van der Waals surface area contributed by atoms with Gasteiger partial charge in [0.1, 0.15) is 17.3 Å². The first-order valence-corrected chi connectivity index (χ1v) is 8.12. The van der Waals surface area contributed by atoms with Gasteiger partial charge in [-0.15, -0.1) is 0 Å². The second-order valence-corrected chi connectivity index (χ2v) is 6.11. The lowest BCUT2D eigenvalue weighted by molar-refractivity contribution is 0.619. The number of hydrogen-bond acceptors (Lipinski definition) is 5. The molecule has 0 aliphatic carbocycles. The van der Waals surface area contributed by atoms with Crippen LogP contribution in [0.3, 0.4) is 0 Å². The van der Waals surface area contributed by atoms with Gasteiger partial charge in [0.2, 0.25) is 5.95 Å². The zero-order valence-electron chi connectivity index (χ0n) is 14.4. The van der Waals surface area contributed by atoms with Crippen molar-refractivity contribution in [3.63, 3.8) is 0 Å². The maximum atomic E-state index is 13.7. The number of rotatable bonds is 3. The number of halogens is 1. The molecule has 26 heavy (non-hydrogen) atoms. The molecule has 3 aromatic heterocycles. The summed E-state index contributed by atoms with van der Waals surface area (Å²) < 4.78 is 15.4. The zero-order chi connectivity index (χ0) is 18.3. The number of pyridine rings is 1. The fourth-order valence-electron chi connectivity index (χ4n) is 2.85. The van der Waals surface area contributed by atoms with Gasteiger partial charge in [0, 0.05) is 18.0 Å². The van der Waals surface area contributed by atoms with E-state index in [4.69, 9.17) is 5.73 Å². The predicted molar refractivity (Wildman–Crippen MR) is 99.8 cm³/mol. The van der Waals surface area contributed by atoms with Gasteiger partial charge in [-0.3, -0.25) is 4.40 Å². The monoisotopic (exact) mass is 348 g/mol. The molecule has 0 unspecified atom stereocenters. The van der Waals surface area contributed by atoms with Crippen LogP contribution in [0.4, 0.5) is 21.8 Å². The molecule has 0 radical (unpaired) electrons. The summed E-state index contributed by atoms with van der Waals surface area (Å²) in [4.78, 5) is 13.2. The Labute approximate surface area is 149 Å². The molecule has 7 heteroatoms. The van der Waals surface area contributed by atoms with Crippen molar-refractivity contribution in [2.24, 2.45) is 0 Å². The molecule has 0 aliphatic heterocycles. The third-order valence-electron chi connectivity index (χ3n) is 4.05. The zero-order valence-corrected chi connectivity index (χ0v) is 14.4. The lowest BCUT2D eigenvalue weighted by Gasteiger charge is -2.09. The van der Waals surface area contributed by atoms with E-state index < -0.39 is 0 Å². The summed E-state index contributed by atoms with van der Waals surface area (Å²) in [6, 6.07) is 12.5. The van der Waals surface area contributed by atoms with E-state index >= 15 is 0 Å². The summed E-state index contributed by atoms with van der Waals surface area (Å²) in [5.74, 6) is 0.334. The van der Waals surface area contributed by atoms with E-state index in [0.29, 0.717) is 28.8 Å². The standard InChI is InChI=1S/C19H17FN6/c1-11-3-6-14(7-4-11)23-19-24-15(9-16(21)25-19)18-12(2)22-17-8-5-13(20)10-26(17)18/h3-10H,1-2H3,(H3,21,23,24,25). The van der Waals surface area contributed by atoms with Crippen LogP contribution >= 0.6 is 0 Å². The van der Waals surface area contributed by atoms with E-state index in [1.807, 2.05) is 38.1 Å². The maximum Gasteiger partial charge on any atom is 0.229 e. The van der Waals surface area contributed by atoms with E-state index in [9.17, 15) is 4.39 Å². The lowest BCUT2D eigenvalue weighted by Crippen LogP contribution is -2.03. The average Bonchev–Trinajstić information content (AvgIpc) is 2.91. The smallest absolute Gasteiger partial charge is 0.229 e. The number of nitrogen functional groups attached to an aromatic ring is 1. The van der Waals surface area contributed by atoms with Crippen LogP contribution in [0.15, 0.2) is 48.7 Å². The van der Waals surface area contributed by atoms with Gasteiger partial charge in [-0.05, 0) is 38.1 Å². The van der Waals surface area contributed by atoms with Crippen molar-refractivity contribution in [3.8, 4) is 11.4 Å². The van der Waals surface area contributed by atoms with Gasteiger partial charge in [0.15, 0.2) is 0 Å². The largest absolute Gasteiger partial charge is 0.384 e. The van der Waals surface area contributed by atoms with Crippen LogP contribution in [0.1, 0.15) is 11.3 Å². The molecule has 0 amide bonds. The Kier molecular flexibility index (Phi) is 3.76. The second-order valence-electron chi connectivity index (χ2n) is 6.11. The molecule has 130 valence electrons. The molecule has 0 bridgehead atoms. The van der Waals surface area contributed by atoms with Crippen molar-refractivity contribution in [1.29, 1.82) is 0 Å². The lowest BCUT2D eigenvalue weighted by atomic mass is 10.2. The minimum Gasteiger partial charge on any atom is -0.384 e. The van der Waals surface area contributed by atoms with Gasteiger partial charge in [0.25, 0.3) is 0 Å². The van der Waals surface area contributed by atoms with E-state index in [-0.39, 0.29) is 5.82 Å². The van der Waals surface area contributed by atoms with Crippen LogP contribution in [0.5, 0.6) is 0 Å².